The van der Waals surface area contributed by atoms with Crippen molar-refractivity contribution in [2.45, 2.75) is 37.5 Å². The summed E-state index contributed by atoms with van der Waals surface area (Å²) in [4.78, 5) is 30.7. The topological polar surface area (TPSA) is 89.8 Å². The Morgan fingerprint density at radius 3 is 2.54 bits per heavy atom. The molecule has 0 aliphatic carbocycles. The zero-order chi connectivity index (χ0) is 27.7. The summed E-state index contributed by atoms with van der Waals surface area (Å²) in [5.41, 5.74) is -0.451. The Balaban J connectivity index is 1.17. The van der Waals surface area contributed by atoms with E-state index in [1.807, 2.05) is 0 Å². The summed E-state index contributed by atoms with van der Waals surface area (Å²) in [6.07, 6.45) is -2.59. The van der Waals surface area contributed by atoms with Gasteiger partial charge in [-0.05, 0) is 25.0 Å². The van der Waals surface area contributed by atoms with Crippen LogP contribution < -0.4 is 4.74 Å². The first kappa shape index (κ1) is 27.2. The molecule has 2 aliphatic rings. The molecule has 1 atom stereocenters. The van der Waals surface area contributed by atoms with E-state index >= 15 is 0 Å². The number of carbonyl (C=O) groups excluding carboxylic acids is 1. The number of likely N-dealkylation sites (tertiary alicyclic amines) is 1. The smallest absolute Gasteiger partial charge is 0.438 e. The summed E-state index contributed by atoms with van der Waals surface area (Å²) >= 11 is 7.64. The number of halogens is 6. The highest BCUT2D eigenvalue weighted by Crippen LogP contribution is 2.39. The van der Waals surface area contributed by atoms with Crippen LogP contribution in [-0.4, -0.2) is 51.2 Å². The second-order valence-electron chi connectivity index (χ2n) is 8.80. The Morgan fingerprint density at radius 1 is 1.15 bits per heavy atom. The molecule has 1 fully saturated rings. The Labute approximate surface area is 227 Å². The largest absolute Gasteiger partial charge is 0.466 e. The lowest BCUT2D eigenvalue weighted by molar-refractivity contribution is -0.144. The van der Waals surface area contributed by atoms with E-state index in [4.69, 9.17) is 21.2 Å². The van der Waals surface area contributed by atoms with Gasteiger partial charge in [0.1, 0.15) is 26.7 Å². The number of rotatable bonds is 6. The van der Waals surface area contributed by atoms with Gasteiger partial charge in [-0.15, -0.1) is 11.3 Å². The molecule has 0 spiro atoms. The van der Waals surface area contributed by atoms with Crippen LogP contribution >= 0.6 is 22.9 Å². The number of amides is 1. The van der Waals surface area contributed by atoms with Crippen LogP contribution in [-0.2, 0) is 15.8 Å². The lowest BCUT2D eigenvalue weighted by Crippen LogP contribution is -2.40. The molecule has 2 aliphatic heterocycles. The molecule has 8 nitrogen and oxygen atoms in total. The lowest BCUT2D eigenvalue weighted by atomic mass is 9.94. The first-order valence-electron chi connectivity index (χ1n) is 11.7. The van der Waals surface area contributed by atoms with E-state index < -0.39 is 48.0 Å². The molecule has 3 aromatic rings. The van der Waals surface area contributed by atoms with Crippen molar-refractivity contribution >= 4 is 34.6 Å². The third-order valence-corrected chi connectivity index (χ3v) is 7.68. The van der Waals surface area contributed by atoms with Gasteiger partial charge in [-0.1, -0.05) is 22.8 Å². The predicted molar refractivity (Wildman–Crippen MR) is 130 cm³/mol. The maximum Gasteiger partial charge on any atom is 0.438 e. The van der Waals surface area contributed by atoms with Crippen molar-refractivity contribution < 1.29 is 36.3 Å². The van der Waals surface area contributed by atoms with Gasteiger partial charge < -0.3 is 14.5 Å². The Kier molecular flexibility index (Phi) is 7.67. The molecule has 0 radical (unpaired) electrons. The number of piperidine rings is 1. The molecule has 39 heavy (non-hydrogen) atoms. The number of thiazole rings is 1. The summed E-state index contributed by atoms with van der Waals surface area (Å²) in [6.45, 7) is 0.0281. The van der Waals surface area contributed by atoms with Crippen molar-refractivity contribution in [1.29, 1.82) is 0 Å². The number of alkyl halides is 3. The van der Waals surface area contributed by atoms with Gasteiger partial charge in [-0.25, -0.2) is 23.7 Å². The van der Waals surface area contributed by atoms with E-state index in [0.29, 0.717) is 46.7 Å². The number of hydrogen-bond donors (Lipinski definition) is 0. The van der Waals surface area contributed by atoms with Gasteiger partial charge in [0.15, 0.2) is 12.7 Å². The molecule has 0 saturated carbocycles. The number of benzene rings is 1. The molecular weight excluding hydrogens is 569 g/mol. The standard InChI is InChI=1S/C24H19ClF5N5O3S/c25-21-19(33-23(39-21)15-10-16(38-34-15)18-13(26)2-1-3-14(18)27)12-4-8-35(9-5-12)17(36)11-37-22-20(24(28,29)30)31-6-7-32-22/h1-3,6-7,12,16H,4-5,8-11H2. The van der Waals surface area contributed by atoms with Crippen LogP contribution in [0.25, 0.3) is 0 Å². The number of hydrogen-bond acceptors (Lipinski definition) is 8. The Hall–Kier alpha value is -3.39. The molecular formula is C24H19ClF5N5O3S. The van der Waals surface area contributed by atoms with Gasteiger partial charge in [-0.3, -0.25) is 4.79 Å². The molecule has 2 aromatic heterocycles. The Bertz CT molecular complexity index is 1390. The molecule has 206 valence electrons. The summed E-state index contributed by atoms with van der Waals surface area (Å²) in [5, 5.41) is 4.45. The number of ether oxygens (including phenoxy) is 1. The van der Waals surface area contributed by atoms with Crippen molar-refractivity contribution in [3.63, 3.8) is 0 Å². The SMILES string of the molecule is O=C(COc1nccnc1C(F)(F)F)N1CCC(c2nc(C3=NOC(c4c(F)cccc4F)C3)sc2Cl)CC1. The summed E-state index contributed by atoms with van der Waals surface area (Å²) in [5.74, 6) is -2.76. The van der Waals surface area contributed by atoms with Crippen LogP contribution in [0, 0.1) is 11.6 Å². The first-order valence-corrected chi connectivity index (χ1v) is 12.9. The second-order valence-corrected chi connectivity index (χ2v) is 10.4. The van der Waals surface area contributed by atoms with Crippen molar-refractivity contribution in [3.05, 3.63) is 68.5 Å². The minimum absolute atomic E-state index is 0.0768. The minimum Gasteiger partial charge on any atom is -0.466 e. The van der Waals surface area contributed by atoms with Gasteiger partial charge in [0.25, 0.3) is 5.91 Å². The van der Waals surface area contributed by atoms with E-state index in [0.717, 1.165) is 24.5 Å². The van der Waals surface area contributed by atoms with Crippen molar-refractivity contribution in [2.24, 2.45) is 5.16 Å². The molecule has 1 aromatic carbocycles. The molecule has 1 saturated heterocycles. The molecule has 4 heterocycles. The Morgan fingerprint density at radius 2 is 1.85 bits per heavy atom. The van der Waals surface area contributed by atoms with Crippen LogP contribution in [0.15, 0.2) is 35.7 Å². The minimum atomic E-state index is -4.76. The van der Waals surface area contributed by atoms with Gasteiger partial charge >= 0.3 is 6.18 Å². The van der Waals surface area contributed by atoms with Gasteiger partial charge in [0.05, 0.1) is 11.3 Å². The first-order chi connectivity index (χ1) is 18.6. The number of aromatic nitrogens is 3. The van der Waals surface area contributed by atoms with E-state index in [2.05, 4.69) is 20.1 Å². The summed E-state index contributed by atoms with van der Waals surface area (Å²) < 4.78 is 72.9. The average molecular weight is 588 g/mol. The lowest BCUT2D eigenvalue weighted by Gasteiger charge is -2.31. The normalized spacial score (nSPS) is 18.2. The third-order valence-electron chi connectivity index (χ3n) is 6.35. The zero-order valence-electron chi connectivity index (χ0n) is 19.9. The molecule has 5 rings (SSSR count). The number of nitrogens with zero attached hydrogens (tertiary/aromatic N) is 5. The monoisotopic (exact) mass is 587 g/mol. The van der Waals surface area contributed by atoms with Gasteiger partial charge in [0.2, 0.25) is 11.6 Å². The summed E-state index contributed by atoms with van der Waals surface area (Å²) in [7, 11) is 0. The maximum atomic E-state index is 14.1. The van der Waals surface area contributed by atoms with Gasteiger partial charge in [-0.2, -0.15) is 13.2 Å². The quantitative estimate of drug-likeness (QED) is 0.352. The van der Waals surface area contributed by atoms with Crippen LogP contribution in [0.3, 0.4) is 0 Å². The van der Waals surface area contributed by atoms with E-state index in [1.165, 1.54) is 22.3 Å². The maximum absolute atomic E-state index is 14.1. The fraction of sp³-hybridized carbons (Fsp3) is 0.375. The fourth-order valence-corrected chi connectivity index (χ4v) is 5.70. The molecule has 0 N–H and O–H groups in total. The van der Waals surface area contributed by atoms with Crippen molar-refractivity contribution in [2.75, 3.05) is 19.7 Å². The van der Waals surface area contributed by atoms with Crippen molar-refractivity contribution in [1.82, 2.24) is 19.9 Å². The molecule has 1 unspecified atom stereocenters. The van der Waals surface area contributed by atoms with E-state index in [-0.39, 0.29) is 17.9 Å². The molecule has 1 amide bonds. The van der Waals surface area contributed by atoms with Crippen LogP contribution in [0.4, 0.5) is 22.0 Å². The van der Waals surface area contributed by atoms with Gasteiger partial charge in [0, 0.05) is 37.8 Å². The third kappa shape index (κ3) is 5.81. The van der Waals surface area contributed by atoms with E-state index in [9.17, 15) is 26.7 Å². The average Bonchev–Trinajstić information content (AvgIpc) is 3.54. The van der Waals surface area contributed by atoms with Crippen molar-refractivity contribution in [3.8, 4) is 5.88 Å². The zero-order valence-corrected chi connectivity index (χ0v) is 21.5. The molecule has 15 heteroatoms. The van der Waals surface area contributed by atoms with Crippen LogP contribution in [0.5, 0.6) is 5.88 Å². The fourth-order valence-electron chi connectivity index (χ4n) is 4.41. The molecule has 0 bridgehead atoms. The second kappa shape index (κ2) is 11.0. The van der Waals surface area contributed by atoms with E-state index in [1.54, 1.807) is 0 Å². The summed E-state index contributed by atoms with van der Waals surface area (Å²) in [6, 6.07) is 3.57. The highest BCUT2D eigenvalue weighted by molar-refractivity contribution is 7.17. The highest BCUT2D eigenvalue weighted by Gasteiger charge is 2.38. The van der Waals surface area contributed by atoms with Crippen LogP contribution in [0.1, 0.15) is 53.2 Å². The van der Waals surface area contributed by atoms with Crippen LogP contribution in [0.2, 0.25) is 4.34 Å². The highest BCUT2D eigenvalue weighted by atomic mass is 35.5. The predicted octanol–water partition coefficient (Wildman–Crippen LogP) is 5.53. The number of carbonyl (C=O) groups is 1. The number of oxime groups is 1.